The largest absolute Gasteiger partial charge is 0.507 e. The van der Waals surface area contributed by atoms with Crippen LogP contribution in [0.15, 0.2) is 85.2 Å². The molecular formula is C23H19N3O2. The van der Waals surface area contributed by atoms with E-state index in [9.17, 15) is 9.90 Å². The zero-order chi connectivity index (χ0) is 19.5. The molecule has 0 spiro atoms. The first-order valence-electron chi connectivity index (χ1n) is 8.92. The number of carbonyl (C=O) groups is 1. The summed E-state index contributed by atoms with van der Waals surface area (Å²) in [5, 5.41) is 18.0. The van der Waals surface area contributed by atoms with E-state index in [0.29, 0.717) is 5.56 Å². The van der Waals surface area contributed by atoms with E-state index in [-0.39, 0.29) is 11.7 Å². The molecule has 5 nitrogen and oxygen atoms in total. The number of aromatic hydroxyl groups is 1. The van der Waals surface area contributed by atoms with Crippen LogP contribution in [0.1, 0.15) is 6.92 Å². The van der Waals surface area contributed by atoms with Crippen LogP contribution >= 0.6 is 0 Å². The van der Waals surface area contributed by atoms with E-state index in [1.54, 1.807) is 10.9 Å². The molecule has 1 amide bonds. The van der Waals surface area contributed by atoms with Crippen molar-refractivity contribution >= 4 is 11.6 Å². The third-order valence-corrected chi connectivity index (χ3v) is 4.47. The number of carbonyl (C=O) groups excluding carboxylic acids is 1. The van der Waals surface area contributed by atoms with Gasteiger partial charge in [-0.3, -0.25) is 4.79 Å². The van der Waals surface area contributed by atoms with E-state index in [2.05, 4.69) is 10.4 Å². The number of hydrogen-bond acceptors (Lipinski definition) is 3. The highest BCUT2D eigenvalue weighted by atomic mass is 16.3. The van der Waals surface area contributed by atoms with Gasteiger partial charge < -0.3 is 10.4 Å². The lowest BCUT2D eigenvalue weighted by Crippen LogP contribution is -2.05. The molecule has 4 aromatic rings. The molecule has 0 fully saturated rings. The number of nitrogens with zero attached hydrogens (tertiary/aromatic N) is 2. The molecule has 0 aliphatic carbocycles. The molecule has 1 aromatic heterocycles. The SMILES string of the molecule is CC(=O)Nc1ccc(-c2cccc(-c3cnn(-c4ccccc4)c3)c2O)cc1. The van der Waals surface area contributed by atoms with E-state index < -0.39 is 0 Å². The van der Waals surface area contributed by atoms with E-state index in [0.717, 1.165) is 28.1 Å². The van der Waals surface area contributed by atoms with Gasteiger partial charge in [0.2, 0.25) is 5.91 Å². The normalized spacial score (nSPS) is 10.6. The highest BCUT2D eigenvalue weighted by Gasteiger charge is 2.13. The van der Waals surface area contributed by atoms with Gasteiger partial charge in [0, 0.05) is 35.5 Å². The Bertz CT molecular complexity index is 1120. The van der Waals surface area contributed by atoms with E-state index in [1.165, 1.54) is 6.92 Å². The van der Waals surface area contributed by atoms with Crippen molar-refractivity contribution in [3.63, 3.8) is 0 Å². The summed E-state index contributed by atoms with van der Waals surface area (Å²) in [6, 6.07) is 22.9. The molecule has 0 saturated heterocycles. The fraction of sp³-hybridized carbons (Fsp3) is 0.0435. The van der Waals surface area contributed by atoms with Crippen LogP contribution < -0.4 is 5.32 Å². The summed E-state index contributed by atoms with van der Waals surface area (Å²) in [7, 11) is 0. The summed E-state index contributed by atoms with van der Waals surface area (Å²) in [6.07, 6.45) is 3.64. The lowest BCUT2D eigenvalue weighted by molar-refractivity contribution is -0.114. The lowest BCUT2D eigenvalue weighted by Gasteiger charge is -2.10. The fourth-order valence-corrected chi connectivity index (χ4v) is 3.13. The molecule has 2 N–H and O–H groups in total. The zero-order valence-electron chi connectivity index (χ0n) is 15.3. The Kier molecular flexibility index (Phi) is 4.64. The van der Waals surface area contributed by atoms with Gasteiger partial charge in [0.15, 0.2) is 0 Å². The number of anilines is 1. The Labute approximate surface area is 162 Å². The van der Waals surface area contributed by atoms with Crippen LogP contribution in [0, 0.1) is 0 Å². The maximum Gasteiger partial charge on any atom is 0.221 e. The van der Waals surface area contributed by atoms with Crippen molar-refractivity contribution in [2.45, 2.75) is 6.92 Å². The third-order valence-electron chi connectivity index (χ3n) is 4.47. The number of phenolic OH excluding ortho intramolecular Hbond substituents is 1. The predicted molar refractivity (Wildman–Crippen MR) is 110 cm³/mol. The molecule has 0 bridgehead atoms. The number of nitrogens with one attached hydrogen (secondary N) is 1. The first-order valence-corrected chi connectivity index (χ1v) is 8.92. The van der Waals surface area contributed by atoms with Gasteiger partial charge in [-0.1, -0.05) is 48.5 Å². The summed E-state index contributed by atoms with van der Waals surface area (Å²) in [6.45, 7) is 1.47. The van der Waals surface area contributed by atoms with Crippen molar-refractivity contribution in [3.05, 3.63) is 85.2 Å². The number of amides is 1. The number of aromatic nitrogens is 2. The Morgan fingerprint density at radius 2 is 1.57 bits per heavy atom. The zero-order valence-corrected chi connectivity index (χ0v) is 15.3. The molecule has 4 rings (SSSR count). The van der Waals surface area contributed by atoms with Crippen molar-refractivity contribution < 1.29 is 9.90 Å². The molecule has 0 radical (unpaired) electrons. The molecule has 28 heavy (non-hydrogen) atoms. The van der Waals surface area contributed by atoms with Crippen molar-refractivity contribution in [1.82, 2.24) is 9.78 Å². The summed E-state index contributed by atoms with van der Waals surface area (Å²) in [5.74, 6) is 0.0791. The van der Waals surface area contributed by atoms with Gasteiger partial charge in [-0.2, -0.15) is 5.10 Å². The number of phenols is 1. The Morgan fingerprint density at radius 3 is 2.25 bits per heavy atom. The van der Waals surface area contributed by atoms with Crippen LogP contribution in [0.25, 0.3) is 27.9 Å². The van der Waals surface area contributed by atoms with Crippen molar-refractivity contribution in [2.24, 2.45) is 0 Å². The molecule has 0 aliphatic heterocycles. The Balaban J connectivity index is 1.68. The molecule has 0 atom stereocenters. The van der Waals surface area contributed by atoms with Crippen LogP contribution in [0.5, 0.6) is 5.75 Å². The lowest BCUT2D eigenvalue weighted by atomic mass is 9.99. The monoisotopic (exact) mass is 369 g/mol. The first kappa shape index (κ1) is 17.5. The van der Waals surface area contributed by atoms with E-state index >= 15 is 0 Å². The van der Waals surface area contributed by atoms with Gasteiger partial charge in [0.25, 0.3) is 0 Å². The Hall–Kier alpha value is -3.86. The second kappa shape index (κ2) is 7.40. The van der Waals surface area contributed by atoms with Gasteiger partial charge >= 0.3 is 0 Å². The summed E-state index contributed by atoms with van der Waals surface area (Å²) in [5.41, 5.74) is 4.81. The maximum absolute atomic E-state index is 11.2. The molecule has 1 heterocycles. The van der Waals surface area contributed by atoms with Gasteiger partial charge in [0.1, 0.15) is 5.75 Å². The van der Waals surface area contributed by atoms with E-state index in [4.69, 9.17) is 0 Å². The minimum Gasteiger partial charge on any atom is -0.507 e. The number of hydrogen-bond donors (Lipinski definition) is 2. The second-order valence-corrected chi connectivity index (χ2v) is 6.47. The van der Waals surface area contributed by atoms with E-state index in [1.807, 2.05) is 79.0 Å². The second-order valence-electron chi connectivity index (χ2n) is 6.47. The smallest absolute Gasteiger partial charge is 0.221 e. The van der Waals surface area contributed by atoms with Crippen LogP contribution in [-0.4, -0.2) is 20.8 Å². The van der Waals surface area contributed by atoms with Gasteiger partial charge in [-0.15, -0.1) is 0 Å². The predicted octanol–water partition coefficient (Wildman–Crippen LogP) is 4.87. The first-order chi connectivity index (χ1) is 13.6. The highest BCUT2D eigenvalue weighted by molar-refractivity contribution is 5.89. The molecule has 138 valence electrons. The van der Waals surface area contributed by atoms with Crippen molar-refractivity contribution in [3.8, 4) is 33.7 Å². The van der Waals surface area contributed by atoms with Gasteiger partial charge in [0.05, 0.1) is 11.9 Å². The molecular weight excluding hydrogens is 350 g/mol. The van der Waals surface area contributed by atoms with Gasteiger partial charge in [-0.05, 0) is 29.8 Å². The maximum atomic E-state index is 11.2. The molecule has 0 saturated carbocycles. The average Bonchev–Trinajstić information content (AvgIpc) is 3.19. The van der Waals surface area contributed by atoms with Crippen LogP contribution in [0.4, 0.5) is 5.69 Å². The standard InChI is InChI=1S/C23H19N3O2/c1-16(27)25-19-12-10-17(11-13-19)21-8-5-9-22(23(21)28)18-14-24-26(15-18)20-6-3-2-4-7-20/h2-15,28H,1H3,(H,25,27). The topological polar surface area (TPSA) is 67.2 Å². The summed E-state index contributed by atoms with van der Waals surface area (Å²) in [4.78, 5) is 11.2. The minimum atomic E-state index is -0.118. The summed E-state index contributed by atoms with van der Waals surface area (Å²) >= 11 is 0. The van der Waals surface area contributed by atoms with Crippen molar-refractivity contribution in [2.75, 3.05) is 5.32 Å². The number of rotatable bonds is 4. The quantitative estimate of drug-likeness (QED) is 0.539. The van der Waals surface area contributed by atoms with Crippen LogP contribution in [0.2, 0.25) is 0 Å². The number of para-hydroxylation sites is 2. The minimum absolute atomic E-state index is 0.118. The fourth-order valence-electron chi connectivity index (χ4n) is 3.13. The van der Waals surface area contributed by atoms with Crippen molar-refractivity contribution in [1.29, 1.82) is 0 Å². The summed E-state index contributed by atoms with van der Waals surface area (Å²) < 4.78 is 1.78. The molecule has 5 heteroatoms. The number of benzene rings is 3. The Morgan fingerprint density at radius 1 is 0.893 bits per heavy atom. The molecule has 3 aromatic carbocycles. The van der Waals surface area contributed by atoms with Crippen LogP contribution in [-0.2, 0) is 4.79 Å². The highest BCUT2D eigenvalue weighted by Crippen LogP contribution is 2.38. The van der Waals surface area contributed by atoms with Gasteiger partial charge in [-0.25, -0.2) is 4.68 Å². The molecule has 0 unspecified atom stereocenters. The third kappa shape index (κ3) is 3.50. The molecule has 0 aliphatic rings. The average molecular weight is 369 g/mol. The van der Waals surface area contributed by atoms with Crippen LogP contribution in [0.3, 0.4) is 0 Å².